The molecule has 2 aromatic carbocycles. The fourth-order valence-electron chi connectivity index (χ4n) is 4.50. The highest BCUT2D eigenvalue weighted by Crippen LogP contribution is 2.37. The number of likely N-dealkylation sites (tertiary alicyclic amines) is 1. The first-order valence-electron chi connectivity index (χ1n) is 9.97. The molecule has 8 heteroatoms. The van der Waals surface area contributed by atoms with Gasteiger partial charge in [0.1, 0.15) is 18.2 Å². The molecule has 0 radical (unpaired) electrons. The highest BCUT2D eigenvalue weighted by Gasteiger charge is 2.54. The third kappa shape index (κ3) is 3.48. The third-order valence-electron chi connectivity index (χ3n) is 6.00. The second kappa shape index (κ2) is 8.16. The molecule has 3 amide bonds. The van der Waals surface area contributed by atoms with Gasteiger partial charge < -0.3 is 9.47 Å². The van der Waals surface area contributed by atoms with E-state index in [1.165, 1.54) is 0 Å². The number of ether oxygens (including phenoxy) is 2. The second-order valence-electron chi connectivity index (χ2n) is 7.76. The summed E-state index contributed by atoms with van der Waals surface area (Å²) in [5, 5.41) is 2.52. The molecular weight excluding hydrogens is 406 g/mol. The monoisotopic (exact) mass is 429 g/mol. The molecule has 7 nitrogen and oxygen atoms in total. The Morgan fingerprint density at radius 2 is 1.63 bits per heavy atom. The van der Waals surface area contributed by atoms with Crippen molar-refractivity contribution < 1.29 is 19.1 Å². The van der Waals surface area contributed by atoms with E-state index in [2.05, 4.69) is 10.2 Å². The first-order valence-corrected chi connectivity index (χ1v) is 9.97. The molecule has 30 heavy (non-hydrogen) atoms. The van der Waals surface area contributed by atoms with E-state index in [4.69, 9.17) is 9.47 Å². The lowest BCUT2D eigenvalue weighted by Gasteiger charge is -2.43. The molecule has 1 spiro atoms. The number of rotatable bonds is 3. The predicted molar refractivity (Wildman–Crippen MR) is 114 cm³/mol. The average molecular weight is 430 g/mol. The lowest BCUT2D eigenvalue weighted by molar-refractivity contribution is -0.125. The average Bonchev–Trinajstić information content (AvgIpc) is 2.99. The summed E-state index contributed by atoms with van der Waals surface area (Å²) in [7, 11) is 0. The molecule has 0 bridgehead atoms. The van der Waals surface area contributed by atoms with Crippen molar-refractivity contribution in [1.29, 1.82) is 0 Å². The molecule has 3 aliphatic heterocycles. The Morgan fingerprint density at radius 1 is 0.967 bits per heavy atom. The number of amides is 3. The topological polar surface area (TPSA) is 71.1 Å². The zero-order chi connectivity index (χ0) is 19.8. The van der Waals surface area contributed by atoms with Crippen molar-refractivity contribution in [2.75, 3.05) is 31.1 Å². The van der Waals surface area contributed by atoms with Crippen molar-refractivity contribution in [1.82, 2.24) is 10.2 Å². The maximum Gasteiger partial charge on any atom is 0.329 e. The summed E-state index contributed by atoms with van der Waals surface area (Å²) in [6, 6.07) is 16.8. The number of fused-ring (bicyclic) bond motifs is 1. The highest BCUT2D eigenvalue weighted by molar-refractivity contribution is 6.17. The lowest BCUT2D eigenvalue weighted by Crippen LogP contribution is -2.58. The van der Waals surface area contributed by atoms with E-state index in [1.54, 1.807) is 4.90 Å². The molecule has 3 aliphatic rings. The van der Waals surface area contributed by atoms with Gasteiger partial charge in [0, 0.05) is 25.3 Å². The number of carbonyl (C=O) groups is 2. The van der Waals surface area contributed by atoms with Gasteiger partial charge in [0.2, 0.25) is 0 Å². The van der Waals surface area contributed by atoms with Crippen molar-refractivity contribution in [3.05, 3.63) is 54.6 Å². The molecule has 158 valence electrons. The van der Waals surface area contributed by atoms with Crippen molar-refractivity contribution >= 4 is 30.0 Å². The fraction of sp³-hybridized carbons (Fsp3) is 0.364. The number of para-hydroxylation sites is 3. The minimum absolute atomic E-state index is 0. The number of benzene rings is 2. The Bertz CT molecular complexity index is 931. The van der Waals surface area contributed by atoms with Gasteiger partial charge in [-0.3, -0.25) is 19.9 Å². The number of urea groups is 1. The number of imide groups is 1. The van der Waals surface area contributed by atoms with E-state index in [-0.39, 0.29) is 30.4 Å². The maximum atomic E-state index is 12.7. The van der Waals surface area contributed by atoms with Crippen LogP contribution < -0.4 is 19.7 Å². The molecule has 2 fully saturated rings. The summed E-state index contributed by atoms with van der Waals surface area (Å²) in [5.41, 5.74) is -0.0595. The van der Waals surface area contributed by atoms with Gasteiger partial charge in [-0.2, -0.15) is 0 Å². The van der Waals surface area contributed by atoms with Gasteiger partial charge in [-0.1, -0.05) is 30.3 Å². The number of halogens is 1. The number of nitrogens with one attached hydrogen (secondary N) is 1. The molecule has 2 saturated heterocycles. The van der Waals surface area contributed by atoms with Crippen LogP contribution in [0, 0.1) is 0 Å². The summed E-state index contributed by atoms with van der Waals surface area (Å²) in [6.45, 7) is 2.66. The molecule has 1 atom stereocenters. The van der Waals surface area contributed by atoms with Crippen LogP contribution in [0.3, 0.4) is 0 Å². The Balaban J connectivity index is 0.00000218. The SMILES string of the molecule is Cl.O=C1NC(=O)C2(CCN(CC3COc4ccccc4O3)CC2)N1c1ccccc1. The predicted octanol–water partition coefficient (Wildman–Crippen LogP) is 2.84. The highest BCUT2D eigenvalue weighted by atomic mass is 35.5. The fourth-order valence-corrected chi connectivity index (χ4v) is 4.50. The molecule has 1 unspecified atom stereocenters. The van der Waals surface area contributed by atoms with Crippen LogP contribution in [0.2, 0.25) is 0 Å². The lowest BCUT2D eigenvalue weighted by atomic mass is 9.85. The third-order valence-corrected chi connectivity index (χ3v) is 6.00. The number of hydrogen-bond acceptors (Lipinski definition) is 5. The normalized spacial score (nSPS) is 22.5. The summed E-state index contributed by atoms with van der Waals surface area (Å²) >= 11 is 0. The van der Waals surface area contributed by atoms with Crippen LogP contribution in [0.5, 0.6) is 11.5 Å². The van der Waals surface area contributed by atoms with Crippen LogP contribution in [0.1, 0.15) is 12.8 Å². The maximum absolute atomic E-state index is 12.7. The van der Waals surface area contributed by atoms with Gasteiger partial charge in [-0.05, 0) is 37.1 Å². The zero-order valence-electron chi connectivity index (χ0n) is 16.5. The van der Waals surface area contributed by atoms with E-state index in [9.17, 15) is 9.59 Å². The van der Waals surface area contributed by atoms with Crippen LogP contribution in [-0.4, -0.2) is 54.7 Å². The molecule has 1 N–H and O–H groups in total. The largest absolute Gasteiger partial charge is 0.486 e. The summed E-state index contributed by atoms with van der Waals surface area (Å²) in [6.07, 6.45) is 1.12. The van der Waals surface area contributed by atoms with Gasteiger partial charge in [-0.15, -0.1) is 12.4 Å². The summed E-state index contributed by atoms with van der Waals surface area (Å²) in [4.78, 5) is 29.2. The molecule has 5 rings (SSSR count). The molecule has 2 aromatic rings. The minimum Gasteiger partial charge on any atom is -0.486 e. The first kappa shape index (κ1) is 20.5. The number of anilines is 1. The zero-order valence-corrected chi connectivity index (χ0v) is 17.3. The van der Waals surface area contributed by atoms with E-state index in [1.807, 2.05) is 54.6 Å². The van der Waals surface area contributed by atoms with E-state index in [0.717, 1.165) is 23.7 Å². The summed E-state index contributed by atoms with van der Waals surface area (Å²) < 4.78 is 11.9. The number of carbonyl (C=O) groups excluding carboxylic acids is 2. The number of hydrogen-bond donors (Lipinski definition) is 1. The number of nitrogens with zero attached hydrogens (tertiary/aromatic N) is 2. The van der Waals surface area contributed by atoms with Crippen molar-refractivity contribution in [2.24, 2.45) is 0 Å². The molecule has 0 saturated carbocycles. The van der Waals surface area contributed by atoms with Crippen LogP contribution in [0.15, 0.2) is 54.6 Å². The molecule has 0 aliphatic carbocycles. The van der Waals surface area contributed by atoms with Crippen LogP contribution in [-0.2, 0) is 4.79 Å². The first-order chi connectivity index (χ1) is 14.2. The van der Waals surface area contributed by atoms with Gasteiger partial charge >= 0.3 is 6.03 Å². The van der Waals surface area contributed by atoms with E-state index >= 15 is 0 Å². The molecule has 3 heterocycles. The van der Waals surface area contributed by atoms with Crippen LogP contribution in [0.4, 0.5) is 10.5 Å². The summed E-state index contributed by atoms with van der Waals surface area (Å²) in [5.74, 6) is 1.35. The Hall–Kier alpha value is -2.77. The quantitative estimate of drug-likeness (QED) is 0.760. The van der Waals surface area contributed by atoms with E-state index < -0.39 is 5.54 Å². The Morgan fingerprint density at radius 3 is 2.37 bits per heavy atom. The van der Waals surface area contributed by atoms with E-state index in [0.29, 0.717) is 32.5 Å². The smallest absolute Gasteiger partial charge is 0.329 e. The molecule has 0 aromatic heterocycles. The van der Waals surface area contributed by atoms with Crippen molar-refractivity contribution in [3.63, 3.8) is 0 Å². The van der Waals surface area contributed by atoms with Gasteiger partial charge in [0.25, 0.3) is 5.91 Å². The second-order valence-corrected chi connectivity index (χ2v) is 7.76. The van der Waals surface area contributed by atoms with Gasteiger partial charge in [-0.25, -0.2) is 4.79 Å². The van der Waals surface area contributed by atoms with Crippen LogP contribution in [0.25, 0.3) is 0 Å². The number of piperidine rings is 1. The van der Waals surface area contributed by atoms with Crippen molar-refractivity contribution in [2.45, 2.75) is 24.5 Å². The van der Waals surface area contributed by atoms with Crippen LogP contribution >= 0.6 is 12.4 Å². The standard InChI is InChI=1S/C22H23N3O4.ClH/c26-20-22(25(21(27)23-20)16-6-2-1-3-7-16)10-12-24(13-11-22)14-17-15-28-18-8-4-5-9-19(18)29-17;/h1-9,17H,10-15H2,(H,23,26,27);1H. The molecular formula is C22H24ClN3O4. The van der Waals surface area contributed by atoms with Crippen molar-refractivity contribution in [3.8, 4) is 11.5 Å². The van der Waals surface area contributed by atoms with Gasteiger partial charge in [0.15, 0.2) is 11.5 Å². The van der Waals surface area contributed by atoms with Gasteiger partial charge in [0.05, 0.1) is 0 Å². The Labute approximate surface area is 181 Å². The Kier molecular flexibility index (Phi) is 5.58. The minimum atomic E-state index is -0.814.